The second kappa shape index (κ2) is 8.41. The van der Waals surface area contributed by atoms with E-state index in [0.717, 1.165) is 42.7 Å². The van der Waals surface area contributed by atoms with Crippen LogP contribution in [0.1, 0.15) is 18.1 Å². The lowest BCUT2D eigenvalue weighted by molar-refractivity contribution is 0.336. The van der Waals surface area contributed by atoms with Gasteiger partial charge >= 0.3 is 0 Å². The van der Waals surface area contributed by atoms with Gasteiger partial charge in [0, 0.05) is 31.9 Å². The summed E-state index contributed by atoms with van der Waals surface area (Å²) < 4.78 is 5.77. The topological polar surface area (TPSA) is 27.7 Å². The first-order chi connectivity index (χ1) is 12.6. The number of rotatable bonds is 4. The number of piperazine rings is 1. The summed E-state index contributed by atoms with van der Waals surface area (Å²) in [6.45, 7) is 10.6. The molecule has 0 amide bonds. The van der Waals surface area contributed by atoms with Crippen molar-refractivity contribution >= 4 is 28.7 Å². The monoisotopic (exact) mass is 369 g/mol. The highest BCUT2D eigenvalue weighted by Gasteiger charge is 2.21. The molecule has 0 aromatic heterocycles. The standard InChI is InChI=1S/C21H27N3OS/c1-4-25-20-8-6-5-7-19(20)23-11-13-24(14-12-23)21(26)22-18-10-9-16(2)15-17(18)3/h5-10,15H,4,11-14H2,1-3H3,(H,22,26). The van der Waals surface area contributed by atoms with Crippen LogP contribution in [0, 0.1) is 13.8 Å². The molecular formula is C21H27N3OS. The molecule has 1 fully saturated rings. The second-order valence-electron chi connectivity index (χ2n) is 6.62. The summed E-state index contributed by atoms with van der Waals surface area (Å²) in [4.78, 5) is 4.62. The molecule has 0 spiro atoms. The predicted octanol–water partition coefficient (Wildman–Crippen LogP) is 4.22. The van der Waals surface area contributed by atoms with E-state index in [9.17, 15) is 0 Å². The van der Waals surface area contributed by atoms with Crippen molar-refractivity contribution < 1.29 is 4.74 Å². The Hall–Kier alpha value is -2.27. The third-order valence-electron chi connectivity index (χ3n) is 4.70. The Bertz CT molecular complexity index is 770. The van der Waals surface area contributed by atoms with Crippen LogP contribution in [0.4, 0.5) is 11.4 Å². The average Bonchev–Trinajstić information content (AvgIpc) is 2.65. The van der Waals surface area contributed by atoms with Crippen LogP contribution in [0.5, 0.6) is 5.75 Å². The highest BCUT2D eigenvalue weighted by Crippen LogP contribution is 2.29. The van der Waals surface area contributed by atoms with E-state index in [0.29, 0.717) is 6.61 Å². The molecule has 1 heterocycles. The summed E-state index contributed by atoms with van der Waals surface area (Å²) in [7, 11) is 0. The number of anilines is 2. The molecule has 1 saturated heterocycles. The molecule has 1 aliphatic rings. The summed E-state index contributed by atoms with van der Waals surface area (Å²) in [5, 5.41) is 4.21. The van der Waals surface area contributed by atoms with E-state index in [1.165, 1.54) is 16.8 Å². The Balaban J connectivity index is 1.60. The zero-order valence-corrected chi connectivity index (χ0v) is 16.6. The first kappa shape index (κ1) is 18.5. The molecule has 1 N–H and O–H groups in total. The third kappa shape index (κ3) is 4.28. The van der Waals surface area contributed by atoms with Gasteiger partial charge in [-0.25, -0.2) is 0 Å². The number of para-hydroxylation sites is 2. The number of nitrogens with zero attached hydrogens (tertiary/aromatic N) is 2. The molecule has 2 aromatic carbocycles. The van der Waals surface area contributed by atoms with Crippen LogP contribution >= 0.6 is 12.2 Å². The number of benzene rings is 2. The maximum atomic E-state index is 5.77. The van der Waals surface area contributed by atoms with Gasteiger partial charge in [-0.15, -0.1) is 0 Å². The summed E-state index contributed by atoms with van der Waals surface area (Å²) in [5.74, 6) is 0.958. The normalized spacial score (nSPS) is 14.3. The molecule has 0 aliphatic carbocycles. The lowest BCUT2D eigenvalue weighted by atomic mass is 10.1. The van der Waals surface area contributed by atoms with Gasteiger partial charge in [-0.3, -0.25) is 0 Å². The Kier molecular flexibility index (Phi) is 5.99. The van der Waals surface area contributed by atoms with Gasteiger partial charge in [0.25, 0.3) is 0 Å². The minimum Gasteiger partial charge on any atom is -0.492 e. The molecule has 0 atom stereocenters. The quantitative estimate of drug-likeness (QED) is 0.815. The average molecular weight is 370 g/mol. The number of ether oxygens (including phenoxy) is 1. The first-order valence-electron chi connectivity index (χ1n) is 9.18. The third-order valence-corrected chi connectivity index (χ3v) is 5.06. The molecule has 2 aromatic rings. The predicted molar refractivity (Wildman–Crippen MR) is 114 cm³/mol. The van der Waals surface area contributed by atoms with Crippen LogP contribution in [-0.4, -0.2) is 42.8 Å². The van der Waals surface area contributed by atoms with Gasteiger partial charge < -0.3 is 19.9 Å². The molecule has 26 heavy (non-hydrogen) atoms. The highest BCUT2D eigenvalue weighted by molar-refractivity contribution is 7.80. The van der Waals surface area contributed by atoms with Crippen LogP contribution < -0.4 is 15.0 Å². The van der Waals surface area contributed by atoms with Crippen molar-refractivity contribution in [3.05, 3.63) is 53.6 Å². The number of thiocarbonyl (C=S) groups is 1. The zero-order valence-electron chi connectivity index (χ0n) is 15.8. The van der Waals surface area contributed by atoms with Crippen LogP contribution in [0.3, 0.4) is 0 Å². The summed E-state index contributed by atoms with van der Waals surface area (Å²) in [6.07, 6.45) is 0. The van der Waals surface area contributed by atoms with Gasteiger partial charge in [-0.2, -0.15) is 0 Å². The number of aryl methyl sites for hydroxylation is 2. The van der Waals surface area contributed by atoms with Crippen molar-refractivity contribution in [1.82, 2.24) is 4.90 Å². The first-order valence-corrected chi connectivity index (χ1v) is 9.59. The Morgan fingerprint density at radius 3 is 2.50 bits per heavy atom. The summed E-state index contributed by atoms with van der Waals surface area (Å²) in [5.41, 5.74) is 4.74. The van der Waals surface area contributed by atoms with Crippen LogP contribution in [0.25, 0.3) is 0 Å². The summed E-state index contributed by atoms with van der Waals surface area (Å²) in [6, 6.07) is 14.6. The lowest BCUT2D eigenvalue weighted by Gasteiger charge is -2.38. The molecule has 4 nitrogen and oxygen atoms in total. The van der Waals surface area contributed by atoms with Gasteiger partial charge in [0.05, 0.1) is 12.3 Å². The fourth-order valence-electron chi connectivity index (χ4n) is 3.29. The zero-order chi connectivity index (χ0) is 18.5. The van der Waals surface area contributed by atoms with Crippen molar-refractivity contribution in [3.8, 4) is 5.75 Å². The lowest BCUT2D eigenvalue weighted by Crippen LogP contribution is -2.50. The molecular weight excluding hydrogens is 342 g/mol. The van der Waals surface area contributed by atoms with Crippen molar-refractivity contribution in [2.24, 2.45) is 0 Å². The van der Waals surface area contributed by atoms with Crippen LogP contribution in [0.2, 0.25) is 0 Å². The Morgan fingerprint density at radius 1 is 1.08 bits per heavy atom. The maximum absolute atomic E-state index is 5.77. The largest absolute Gasteiger partial charge is 0.492 e. The Morgan fingerprint density at radius 2 is 1.81 bits per heavy atom. The SMILES string of the molecule is CCOc1ccccc1N1CCN(C(=S)Nc2ccc(C)cc2C)CC1. The van der Waals surface area contributed by atoms with Crippen molar-refractivity contribution in [3.63, 3.8) is 0 Å². The highest BCUT2D eigenvalue weighted by atomic mass is 32.1. The van der Waals surface area contributed by atoms with E-state index < -0.39 is 0 Å². The summed E-state index contributed by atoms with van der Waals surface area (Å²) >= 11 is 5.64. The molecule has 138 valence electrons. The van der Waals surface area contributed by atoms with Gasteiger partial charge in [0.1, 0.15) is 5.75 Å². The van der Waals surface area contributed by atoms with Crippen LogP contribution in [0.15, 0.2) is 42.5 Å². The van der Waals surface area contributed by atoms with Crippen molar-refractivity contribution in [2.45, 2.75) is 20.8 Å². The molecule has 5 heteroatoms. The maximum Gasteiger partial charge on any atom is 0.173 e. The number of hydrogen-bond acceptors (Lipinski definition) is 3. The molecule has 0 unspecified atom stereocenters. The van der Waals surface area contributed by atoms with Gasteiger partial charge in [-0.05, 0) is 56.8 Å². The fourth-order valence-corrected chi connectivity index (χ4v) is 3.59. The molecule has 0 radical (unpaired) electrons. The van der Waals surface area contributed by atoms with Gasteiger partial charge in [-0.1, -0.05) is 29.8 Å². The van der Waals surface area contributed by atoms with E-state index in [4.69, 9.17) is 17.0 Å². The second-order valence-corrected chi connectivity index (χ2v) is 7.01. The van der Waals surface area contributed by atoms with E-state index in [2.05, 4.69) is 59.3 Å². The fraction of sp³-hybridized carbons (Fsp3) is 0.381. The Labute approximate surface area is 161 Å². The van der Waals surface area contributed by atoms with Crippen LogP contribution in [-0.2, 0) is 0 Å². The van der Waals surface area contributed by atoms with Crippen molar-refractivity contribution in [1.29, 1.82) is 0 Å². The minimum absolute atomic E-state index is 0.681. The minimum atomic E-state index is 0.681. The van der Waals surface area contributed by atoms with E-state index in [1.807, 2.05) is 19.1 Å². The van der Waals surface area contributed by atoms with Crippen molar-refractivity contribution in [2.75, 3.05) is 43.0 Å². The number of nitrogens with one attached hydrogen (secondary N) is 1. The molecule has 1 aliphatic heterocycles. The van der Waals surface area contributed by atoms with E-state index in [1.54, 1.807) is 0 Å². The van der Waals surface area contributed by atoms with E-state index in [-0.39, 0.29) is 0 Å². The van der Waals surface area contributed by atoms with Gasteiger partial charge in [0.15, 0.2) is 5.11 Å². The number of hydrogen-bond donors (Lipinski definition) is 1. The molecule has 3 rings (SSSR count). The molecule has 0 bridgehead atoms. The van der Waals surface area contributed by atoms with E-state index >= 15 is 0 Å². The molecule has 0 saturated carbocycles. The van der Waals surface area contributed by atoms with Gasteiger partial charge in [0.2, 0.25) is 0 Å². The smallest absolute Gasteiger partial charge is 0.173 e.